The Morgan fingerprint density at radius 1 is 1.00 bits per heavy atom. The maximum absolute atomic E-state index is 6.27. The number of hydrogen-bond acceptors (Lipinski definition) is 2. The monoisotopic (exact) mass is 315 g/mol. The van der Waals surface area contributed by atoms with Crippen molar-refractivity contribution >= 4 is 11.3 Å². The topological polar surface area (TPSA) is 12.5 Å². The van der Waals surface area contributed by atoms with Gasteiger partial charge in [-0.2, -0.15) is 0 Å². The summed E-state index contributed by atoms with van der Waals surface area (Å²) < 4.78 is 6.27. The molecular weight excluding hydrogens is 294 g/mol. The standard InChI is InChI=1S/C22H21NO/c1-15-9-11-18-20(13-15)24-21-14-17(23(2)3)10-12-19(21)22(18)16-7-5-4-6-8-16/h4-15H,1-3H3. The van der Waals surface area contributed by atoms with Crippen LogP contribution in [-0.2, 0) is 0 Å². The molecule has 2 heteroatoms. The van der Waals surface area contributed by atoms with E-state index in [0.717, 1.165) is 22.8 Å². The van der Waals surface area contributed by atoms with Crippen LogP contribution in [0.3, 0.4) is 0 Å². The molecule has 1 aliphatic carbocycles. The van der Waals surface area contributed by atoms with Crippen LogP contribution in [0.4, 0.5) is 5.69 Å². The van der Waals surface area contributed by atoms with Crippen LogP contribution in [0.15, 0.2) is 78.1 Å². The normalized spacial score (nSPS) is 18.5. The van der Waals surface area contributed by atoms with Gasteiger partial charge < -0.3 is 9.64 Å². The van der Waals surface area contributed by atoms with Gasteiger partial charge in [-0.1, -0.05) is 49.4 Å². The van der Waals surface area contributed by atoms with Crippen molar-refractivity contribution < 1.29 is 4.74 Å². The van der Waals surface area contributed by atoms with Crippen molar-refractivity contribution in [2.24, 2.45) is 5.92 Å². The van der Waals surface area contributed by atoms with Gasteiger partial charge in [0.1, 0.15) is 11.5 Å². The van der Waals surface area contributed by atoms with Gasteiger partial charge in [0.15, 0.2) is 0 Å². The first kappa shape index (κ1) is 14.8. The number of hydrogen-bond donors (Lipinski definition) is 0. The van der Waals surface area contributed by atoms with Gasteiger partial charge in [0, 0.05) is 42.6 Å². The molecule has 2 aromatic rings. The zero-order chi connectivity index (χ0) is 16.7. The molecule has 0 aromatic heterocycles. The number of fused-ring (bicyclic) bond motifs is 2. The molecular formula is C22H21NO. The summed E-state index contributed by atoms with van der Waals surface area (Å²) >= 11 is 0. The lowest BCUT2D eigenvalue weighted by Gasteiger charge is -2.28. The average Bonchev–Trinajstić information content (AvgIpc) is 2.59. The molecule has 1 aliphatic heterocycles. The Labute approximate surface area is 143 Å². The van der Waals surface area contributed by atoms with Crippen molar-refractivity contribution in [2.75, 3.05) is 19.0 Å². The van der Waals surface area contributed by atoms with Crippen LogP contribution in [0.25, 0.3) is 5.57 Å². The first-order chi connectivity index (χ1) is 11.6. The maximum Gasteiger partial charge on any atom is 0.137 e. The van der Waals surface area contributed by atoms with E-state index < -0.39 is 0 Å². The molecule has 4 rings (SSSR count). The van der Waals surface area contributed by atoms with Gasteiger partial charge in [-0.3, -0.25) is 0 Å². The molecule has 0 N–H and O–H groups in total. The van der Waals surface area contributed by atoms with Gasteiger partial charge in [0.25, 0.3) is 0 Å². The Hall–Kier alpha value is -2.74. The SMILES string of the molecule is CC1C=CC2=C(c3ccccc3)c3ccc(N(C)C)cc3OC2=C1. The van der Waals surface area contributed by atoms with E-state index in [1.807, 2.05) is 0 Å². The van der Waals surface area contributed by atoms with E-state index in [9.17, 15) is 0 Å². The first-order valence-electron chi connectivity index (χ1n) is 8.33. The summed E-state index contributed by atoms with van der Waals surface area (Å²) in [6.45, 7) is 2.18. The molecule has 0 radical (unpaired) electrons. The summed E-state index contributed by atoms with van der Waals surface area (Å²) in [4.78, 5) is 2.10. The molecule has 2 aromatic carbocycles. The van der Waals surface area contributed by atoms with Crippen molar-refractivity contribution in [3.8, 4) is 5.75 Å². The Morgan fingerprint density at radius 2 is 1.79 bits per heavy atom. The molecule has 0 spiro atoms. The van der Waals surface area contributed by atoms with E-state index in [0.29, 0.717) is 5.92 Å². The van der Waals surface area contributed by atoms with Gasteiger partial charge >= 0.3 is 0 Å². The molecule has 2 aliphatic rings. The Bertz CT molecular complexity index is 872. The van der Waals surface area contributed by atoms with E-state index in [2.05, 4.69) is 92.7 Å². The summed E-state index contributed by atoms with van der Waals surface area (Å²) in [7, 11) is 4.10. The molecule has 24 heavy (non-hydrogen) atoms. The highest BCUT2D eigenvalue weighted by atomic mass is 16.5. The number of anilines is 1. The molecule has 1 atom stereocenters. The molecule has 2 nitrogen and oxygen atoms in total. The molecule has 0 saturated heterocycles. The van der Waals surface area contributed by atoms with Gasteiger partial charge in [0.05, 0.1) is 0 Å². The van der Waals surface area contributed by atoms with Crippen molar-refractivity contribution in [1.29, 1.82) is 0 Å². The van der Waals surface area contributed by atoms with Crippen molar-refractivity contribution in [3.05, 3.63) is 89.2 Å². The van der Waals surface area contributed by atoms with E-state index in [-0.39, 0.29) is 0 Å². The lowest BCUT2D eigenvalue weighted by atomic mass is 9.86. The second-order valence-corrected chi connectivity index (χ2v) is 6.58. The minimum absolute atomic E-state index is 0.388. The van der Waals surface area contributed by atoms with Crippen LogP contribution in [0.1, 0.15) is 18.1 Å². The fraction of sp³-hybridized carbons (Fsp3) is 0.182. The van der Waals surface area contributed by atoms with E-state index >= 15 is 0 Å². The van der Waals surface area contributed by atoms with E-state index in [1.54, 1.807) is 0 Å². The van der Waals surface area contributed by atoms with Crippen molar-refractivity contribution in [1.82, 2.24) is 0 Å². The predicted molar refractivity (Wildman–Crippen MR) is 100 cm³/mol. The minimum Gasteiger partial charge on any atom is -0.456 e. The van der Waals surface area contributed by atoms with Crippen LogP contribution in [-0.4, -0.2) is 14.1 Å². The number of ether oxygens (including phenoxy) is 1. The first-order valence-corrected chi connectivity index (χ1v) is 8.33. The number of rotatable bonds is 2. The smallest absolute Gasteiger partial charge is 0.137 e. The number of nitrogens with zero attached hydrogens (tertiary/aromatic N) is 1. The lowest BCUT2D eigenvalue weighted by molar-refractivity contribution is 0.426. The second-order valence-electron chi connectivity index (χ2n) is 6.58. The largest absolute Gasteiger partial charge is 0.456 e. The zero-order valence-corrected chi connectivity index (χ0v) is 14.3. The van der Waals surface area contributed by atoms with Crippen LogP contribution < -0.4 is 9.64 Å². The van der Waals surface area contributed by atoms with Gasteiger partial charge in [-0.05, 0) is 29.7 Å². The van der Waals surface area contributed by atoms with Crippen LogP contribution >= 0.6 is 0 Å². The molecule has 120 valence electrons. The Kier molecular flexibility index (Phi) is 3.53. The summed E-state index contributed by atoms with van der Waals surface area (Å²) in [6.07, 6.45) is 6.62. The quantitative estimate of drug-likeness (QED) is 0.770. The Balaban J connectivity index is 1.97. The third-order valence-electron chi connectivity index (χ3n) is 4.55. The van der Waals surface area contributed by atoms with Gasteiger partial charge in [0.2, 0.25) is 0 Å². The van der Waals surface area contributed by atoms with Gasteiger partial charge in [-0.15, -0.1) is 0 Å². The number of benzene rings is 2. The van der Waals surface area contributed by atoms with E-state index in [4.69, 9.17) is 4.74 Å². The maximum atomic E-state index is 6.27. The third kappa shape index (κ3) is 2.44. The summed E-state index contributed by atoms with van der Waals surface area (Å²) in [5.41, 5.74) is 5.93. The molecule has 1 unspecified atom stereocenters. The predicted octanol–water partition coefficient (Wildman–Crippen LogP) is 5.04. The Morgan fingerprint density at radius 3 is 2.54 bits per heavy atom. The molecule has 0 fully saturated rings. The fourth-order valence-electron chi connectivity index (χ4n) is 3.27. The van der Waals surface area contributed by atoms with Crippen molar-refractivity contribution in [3.63, 3.8) is 0 Å². The minimum atomic E-state index is 0.388. The van der Waals surface area contributed by atoms with Crippen molar-refractivity contribution in [2.45, 2.75) is 6.92 Å². The fourth-order valence-corrected chi connectivity index (χ4v) is 3.27. The zero-order valence-electron chi connectivity index (χ0n) is 14.3. The van der Waals surface area contributed by atoms with Gasteiger partial charge in [-0.25, -0.2) is 0 Å². The average molecular weight is 315 g/mol. The summed E-state index contributed by atoms with van der Waals surface area (Å²) in [6, 6.07) is 17.0. The highest BCUT2D eigenvalue weighted by Crippen LogP contribution is 2.44. The van der Waals surface area contributed by atoms with Crippen LogP contribution in [0.5, 0.6) is 5.75 Å². The van der Waals surface area contributed by atoms with Crippen LogP contribution in [0.2, 0.25) is 0 Å². The highest BCUT2D eigenvalue weighted by Gasteiger charge is 2.26. The highest BCUT2D eigenvalue weighted by molar-refractivity contribution is 5.91. The summed E-state index contributed by atoms with van der Waals surface area (Å²) in [5, 5.41) is 0. The molecule has 0 bridgehead atoms. The van der Waals surface area contributed by atoms with E-state index in [1.165, 1.54) is 16.7 Å². The lowest BCUT2D eigenvalue weighted by Crippen LogP contribution is -2.14. The molecule has 0 saturated carbocycles. The van der Waals surface area contributed by atoms with Crippen LogP contribution in [0, 0.1) is 5.92 Å². The summed E-state index contributed by atoms with van der Waals surface area (Å²) in [5.74, 6) is 2.28. The second kappa shape index (κ2) is 5.72. The molecule has 1 heterocycles. The third-order valence-corrected chi connectivity index (χ3v) is 4.55. The molecule has 0 amide bonds. The number of allylic oxidation sites excluding steroid dienone is 3.